The van der Waals surface area contributed by atoms with Gasteiger partial charge in [-0.15, -0.1) is 0 Å². The van der Waals surface area contributed by atoms with E-state index in [0.717, 1.165) is 30.0 Å². The van der Waals surface area contributed by atoms with Gasteiger partial charge in [-0.25, -0.2) is 4.98 Å². The lowest BCUT2D eigenvalue weighted by atomic mass is 10.2. The fraction of sp³-hybridized carbons (Fsp3) is 0.500. The highest BCUT2D eigenvalue weighted by Crippen LogP contribution is 2.24. The van der Waals surface area contributed by atoms with Gasteiger partial charge in [0.05, 0.1) is 12.5 Å². The first-order chi connectivity index (χ1) is 8.13. The molecule has 0 spiro atoms. The van der Waals surface area contributed by atoms with E-state index in [9.17, 15) is 0 Å². The molecule has 5 nitrogen and oxygen atoms in total. The third-order valence-corrected chi connectivity index (χ3v) is 2.75. The van der Waals surface area contributed by atoms with Gasteiger partial charge in [0.2, 0.25) is 0 Å². The topological polar surface area (TPSA) is 61.7 Å². The predicted molar refractivity (Wildman–Crippen MR) is 68.5 cm³/mol. The van der Waals surface area contributed by atoms with Crippen LogP contribution in [0, 0.1) is 0 Å². The number of nitrogens with zero attached hydrogens (tertiary/aromatic N) is 4. The summed E-state index contributed by atoms with van der Waals surface area (Å²) in [4.78, 5) is 4.36. The Bertz CT molecular complexity index is 495. The van der Waals surface area contributed by atoms with Crippen molar-refractivity contribution >= 4 is 5.82 Å². The largest absolute Gasteiger partial charge is 0.383 e. The van der Waals surface area contributed by atoms with Crippen LogP contribution in [-0.4, -0.2) is 19.3 Å². The van der Waals surface area contributed by atoms with Crippen LogP contribution in [0.1, 0.15) is 33.2 Å². The Morgan fingerprint density at radius 2 is 2.18 bits per heavy atom. The molecule has 0 aliphatic carbocycles. The SMILES string of the molecule is CCCn1cnc(-c2cnn(C(C)C)c2)c1N. The summed E-state index contributed by atoms with van der Waals surface area (Å²) in [6.45, 7) is 7.21. The predicted octanol–water partition coefficient (Wildman–Crippen LogP) is 2.32. The highest BCUT2D eigenvalue weighted by Gasteiger charge is 2.12. The minimum Gasteiger partial charge on any atom is -0.383 e. The van der Waals surface area contributed by atoms with Crippen LogP contribution in [-0.2, 0) is 6.54 Å². The summed E-state index contributed by atoms with van der Waals surface area (Å²) >= 11 is 0. The van der Waals surface area contributed by atoms with Crippen molar-refractivity contribution in [3.63, 3.8) is 0 Å². The van der Waals surface area contributed by atoms with Gasteiger partial charge in [0.15, 0.2) is 0 Å². The second-order valence-electron chi connectivity index (χ2n) is 4.47. The van der Waals surface area contributed by atoms with Crippen LogP contribution in [0.4, 0.5) is 5.82 Å². The van der Waals surface area contributed by atoms with Gasteiger partial charge in [0.1, 0.15) is 11.5 Å². The number of nitrogen functional groups attached to an aromatic ring is 1. The summed E-state index contributed by atoms with van der Waals surface area (Å²) in [5.41, 5.74) is 7.87. The van der Waals surface area contributed by atoms with Gasteiger partial charge in [-0.1, -0.05) is 6.92 Å². The molecule has 0 bridgehead atoms. The summed E-state index contributed by atoms with van der Waals surface area (Å²) in [6.07, 6.45) is 6.64. The maximum absolute atomic E-state index is 6.07. The molecular formula is C12H19N5. The number of aryl methyl sites for hydroxylation is 1. The molecular weight excluding hydrogens is 214 g/mol. The van der Waals surface area contributed by atoms with Gasteiger partial charge in [0, 0.05) is 24.3 Å². The molecule has 0 unspecified atom stereocenters. The van der Waals surface area contributed by atoms with Crippen LogP contribution in [0.3, 0.4) is 0 Å². The van der Waals surface area contributed by atoms with Gasteiger partial charge < -0.3 is 10.3 Å². The van der Waals surface area contributed by atoms with Crippen LogP contribution in [0.5, 0.6) is 0 Å². The highest BCUT2D eigenvalue weighted by atomic mass is 15.3. The molecule has 0 saturated carbocycles. The smallest absolute Gasteiger partial charge is 0.131 e. The molecule has 0 aliphatic rings. The zero-order valence-corrected chi connectivity index (χ0v) is 10.6. The van der Waals surface area contributed by atoms with Crippen LogP contribution < -0.4 is 5.73 Å². The van der Waals surface area contributed by atoms with Gasteiger partial charge in [0.25, 0.3) is 0 Å². The van der Waals surface area contributed by atoms with Crippen LogP contribution >= 0.6 is 0 Å². The Morgan fingerprint density at radius 1 is 1.41 bits per heavy atom. The molecule has 2 rings (SSSR count). The van der Waals surface area contributed by atoms with Crippen molar-refractivity contribution in [3.8, 4) is 11.3 Å². The molecule has 2 aromatic rings. The molecule has 17 heavy (non-hydrogen) atoms. The molecule has 0 aliphatic heterocycles. The summed E-state index contributed by atoms with van der Waals surface area (Å²) in [7, 11) is 0. The normalized spacial score (nSPS) is 11.3. The minimum atomic E-state index is 0.350. The lowest BCUT2D eigenvalue weighted by Crippen LogP contribution is -2.01. The van der Waals surface area contributed by atoms with E-state index in [4.69, 9.17) is 5.73 Å². The van der Waals surface area contributed by atoms with Crippen molar-refractivity contribution < 1.29 is 0 Å². The van der Waals surface area contributed by atoms with Crippen molar-refractivity contribution in [2.45, 2.75) is 39.8 Å². The van der Waals surface area contributed by atoms with E-state index in [2.05, 4.69) is 30.9 Å². The van der Waals surface area contributed by atoms with Crippen molar-refractivity contribution in [1.29, 1.82) is 0 Å². The number of aromatic nitrogens is 4. The molecule has 92 valence electrons. The van der Waals surface area contributed by atoms with Crippen molar-refractivity contribution in [2.24, 2.45) is 0 Å². The molecule has 0 fully saturated rings. The van der Waals surface area contributed by atoms with Gasteiger partial charge in [-0.3, -0.25) is 4.68 Å². The van der Waals surface area contributed by atoms with Crippen LogP contribution in [0.15, 0.2) is 18.7 Å². The van der Waals surface area contributed by atoms with Crippen LogP contribution in [0.2, 0.25) is 0 Å². The number of imidazole rings is 1. The summed E-state index contributed by atoms with van der Waals surface area (Å²) in [5.74, 6) is 0.718. The summed E-state index contributed by atoms with van der Waals surface area (Å²) in [6, 6.07) is 0.350. The van der Waals surface area contributed by atoms with E-state index in [1.54, 1.807) is 6.33 Å². The Balaban J connectivity index is 2.32. The van der Waals surface area contributed by atoms with Gasteiger partial charge >= 0.3 is 0 Å². The van der Waals surface area contributed by atoms with Crippen molar-refractivity contribution in [3.05, 3.63) is 18.7 Å². The quantitative estimate of drug-likeness (QED) is 0.881. The highest BCUT2D eigenvalue weighted by molar-refractivity contribution is 5.69. The standard InChI is InChI=1S/C12H19N5/c1-4-5-16-8-14-11(12(16)13)10-6-15-17(7-10)9(2)3/h6-9H,4-5,13H2,1-3H3. The summed E-state index contributed by atoms with van der Waals surface area (Å²) in [5, 5.41) is 4.30. The second-order valence-corrected chi connectivity index (χ2v) is 4.47. The van der Waals surface area contributed by atoms with E-state index in [-0.39, 0.29) is 0 Å². The third kappa shape index (κ3) is 2.18. The maximum Gasteiger partial charge on any atom is 0.131 e. The molecule has 0 radical (unpaired) electrons. The van der Waals surface area contributed by atoms with Gasteiger partial charge in [-0.2, -0.15) is 5.10 Å². The van der Waals surface area contributed by atoms with Crippen molar-refractivity contribution in [2.75, 3.05) is 5.73 Å². The Kier molecular flexibility index (Phi) is 3.17. The van der Waals surface area contributed by atoms with E-state index in [0.29, 0.717) is 6.04 Å². The molecule has 2 heterocycles. The monoisotopic (exact) mass is 233 g/mol. The minimum absolute atomic E-state index is 0.350. The third-order valence-electron chi connectivity index (χ3n) is 2.75. The Morgan fingerprint density at radius 3 is 2.76 bits per heavy atom. The molecule has 0 amide bonds. The van der Waals surface area contributed by atoms with E-state index in [1.807, 2.05) is 21.6 Å². The molecule has 0 atom stereocenters. The van der Waals surface area contributed by atoms with Crippen molar-refractivity contribution in [1.82, 2.24) is 19.3 Å². The first kappa shape index (κ1) is 11.7. The lowest BCUT2D eigenvalue weighted by molar-refractivity contribution is 0.532. The zero-order valence-electron chi connectivity index (χ0n) is 10.6. The lowest BCUT2D eigenvalue weighted by Gasteiger charge is -2.03. The number of hydrogen-bond acceptors (Lipinski definition) is 3. The first-order valence-electron chi connectivity index (χ1n) is 5.98. The average Bonchev–Trinajstić information content (AvgIpc) is 2.87. The first-order valence-corrected chi connectivity index (χ1v) is 5.98. The van der Waals surface area contributed by atoms with E-state index in [1.165, 1.54) is 0 Å². The second kappa shape index (κ2) is 4.61. The Hall–Kier alpha value is -1.78. The number of rotatable bonds is 4. The molecule has 0 aromatic carbocycles. The molecule has 2 N–H and O–H groups in total. The molecule has 2 aromatic heterocycles. The van der Waals surface area contributed by atoms with E-state index >= 15 is 0 Å². The maximum atomic E-state index is 6.07. The average molecular weight is 233 g/mol. The zero-order chi connectivity index (χ0) is 12.4. The number of nitrogens with two attached hydrogens (primary N) is 1. The fourth-order valence-electron chi connectivity index (χ4n) is 1.78. The Labute approximate surface area is 101 Å². The molecule has 5 heteroatoms. The fourth-order valence-corrected chi connectivity index (χ4v) is 1.78. The van der Waals surface area contributed by atoms with E-state index < -0.39 is 0 Å². The molecule has 0 saturated heterocycles. The number of hydrogen-bond donors (Lipinski definition) is 1. The van der Waals surface area contributed by atoms with Crippen LogP contribution in [0.25, 0.3) is 11.3 Å². The number of anilines is 1. The van der Waals surface area contributed by atoms with Gasteiger partial charge in [-0.05, 0) is 20.3 Å². The summed E-state index contributed by atoms with van der Waals surface area (Å²) < 4.78 is 3.88.